The Labute approximate surface area is 241 Å². The first kappa shape index (κ1) is 28.3. The first-order chi connectivity index (χ1) is 19.8. The van der Waals surface area contributed by atoms with Crippen molar-refractivity contribution < 1.29 is 28.9 Å². The molecule has 0 aliphatic carbocycles. The smallest absolute Gasteiger partial charge is 0.295 e. The van der Waals surface area contributed by atoms with E-state index in [1.54, 1.807) is 12.1 Å². The van der Waals surface area contributed by atoms with Gasteiger partial charge in [-0.15, -0.1) is 0 Å². The molecular formula is C34H37NO6. The lowest BCUT2D eigenvalue weighted by Gasteiger charge is -2.26. The van der Waals surface area contributed by atoms with Crippen LogP contribution in [0.4, 0.5) is 0 Å². The van der Waals surface area contributed by atoms with Crippen LogP contribution < -0.4 is 14.2 Å². The third-order valence-corrected chi connectivity index (χ3v) is 7.44. The van der Waals surface area contributed by atoms with Gasteiger partial charge in [-0.05, 0) is 73.2 Å². The minimum Gasteiger partial charge on any atom is -0.507 e. The molecule has 0 unspecified atom stereocenters. The molecule has 0 aromatic heterocycles. The lowest BCUT2D eigenvalue weighted by atomic mass is 9.94. The average molecular weight is 556 g/mol. The van der Waals surface area contributed by atoms with Gasteiger partial charge >= 0.3 is 0 Å². The zero-order chi connectivity index (χ0) is 29.1. The molecule has 2 aliphatic rings. The summed E-state index contributed by atoms with van der Waals surface area (Å²) < 4.78 is 17.8. The van der Waals surface area contributed by atoms with Gasteiger partial charge in [0.05, 0.1) is 24.8 Å². The van der Waals surface area contributed by atoms with E-state index in [0.29, 0.717) is 48.2 Å². The Morgan fingerprint density at radius 1 is 1.02 bits per heavy atom. The number of ether oxygens (including phenoxy) is 3. The Kier molecular flexibility index (Phi) is 8.34. The van der Waals surface area contributed by atoms with Crippen molar-refractivity contribution in [1.29, 1.82) is 0 Å². The van der Waals surface area contributed by atoms with Gasteiger partial charge in [-0.2, -0.15) is 0 Å². The van der Waals surface area contributed by atoms with E-state index in [-0.39, 0.29) is 24.0 Å². The van der Waals surface area contributed by atoms with Crippen LogP contribution in [0.5, 0.6) is 17.2 Å². The molecule has 0 saturated carbocycles. The number of aliphatic hydroxyl groups is 1. The van der Waals surface area contributed by atoms with Crippen LogP contribution in [-0.4, -0.2) is 41.0 Å². The molecule has 1 fully saturated rings. The van der Waals surface area contributed by atoms with Gasteiger partial charge in [0.2, 0.25) is 0 Å². The first-order valence-electron chi connectivity index (χ1n) is 14.3. The van der Waals surface area contributed by atoms with Gasteiger partial charge in [0.25, 0.3) is 11.7 Å². The highest BCUT2D eigenvalue weighted by atomic mass is 16.5. The van der Waals surface area contributed by atoms with E-state index < -0.39 is 17.7 Å². The molecule has 3 aromatic carbocycles. The fourth-order valence-electron chi connectivity index (χ4n) is 5.38. The van der Waals surface area contributed by atoms with Crippen molar-refractivity contribution >= 4 is 17.4 Å². The summed E-state index contributed by atoms with van der Waals surface area (Å²) in [6.07, 6.45) is 1.64. The van der Waals surface area contributed by atoms with Gasteiger partial charge in [-0.3, -0.25) is 9.59 Å². The molecule has 1 amide bonds. The number of likely N-dealkylation sites (tertiary alicyclic amines) is 1. The zero-order valence-electron chi connectivity index (χ0n) is 24.1. The number of benzene rings is 3. The molecule has 5 rings (SSSR count). The highest BCUT2D eigenvalue weighted by Gasteiger charge is 2.46. The summed E-state index contributed by atoms with van der Waals surface area (Å²) in [5.74, 6) is 0.812. The predicted octanol–water partition coefficient (Wildman–Crippen LogP) is 6.46. The van der Waals surface area contributed by atoms with E-state index in [1.165, 1.54) is 4.90 Å². The number of hydrogen-bond acceptors (Lipinski definition) is 6. The molecule has 2 aliphatic heterocycles. The van der Waals surface area contributed by atoms with Gasteiger partial charge in [0.15, 0.2) is 11.5 Å². The average Bonchev–Trinajstić information content (AvgIpc) is 3.45. The van der Waals surface area contributed by atoms with Crippen molar-refractivity contribution in [3.05, 3.63) is 94.6 Å². The second-order valence-corrected chi connectivity index (χ2v) is 11.0. The lowest BCUT2D eigenvalue weighted by Crippen LogP contribution is -2.29. The third kappa shape index (κ3) is 5.94. The van der Waals surface area contributed by atoms with E-state index in [1.807, 2.05) is 68.4 Å². The number of hydrogen-bond donors (Lipinski definition) is 1. The fraction of sp³-hybridized carbons (Fsp3) is 0.353. The molecule has 2 atom stereocenters. The summed E-state index contributed by atoms with van der Waals surface area (Å²) in [5.41, 5.74) is 3.01. The number of amides is 1. The zero-order valence-corrected chi connectivity index (χ0v) is 24.1. The standard InChI is InChI=1S/C34H37NO6/c1-5-39-29-19-24(11-14-28(29)40-16-15-21(2)3)31-30(32(36)25-12-13-27-26(18-25)17-22(4)41-27)33(37)34(38)35(31)20-23-9-7-6-8-10-23/h6-14,18-19,21-22,31,36H,5,15-17,20H2,1-4H3/t22-,31-/m0/s1. The number of Topliss-reactive ketones (excluding diaryl/α,β-unsaturated/α-hetero) is 1. The van der Waals surface area contributed by atoms with E-state index in [0.717, 1.165) is 23.3 Å². The van der Waals surface area contributed by atoms with Crippen LogP contribution in [0, 0.1) is 5.92 Å². The first-order valence-corrected chi connectivity index (χ1v) is 14.3. The molecule has 7 heteroatoms. The topological polar surface area (TPSA) is 85.3 Å². The van der Waals surface area contributed by atoms with Crippen LogP contribution >= 0.6 is 0 Å². The van der Waals surface area contributed by atoms with E-state index in [4.69, 9.17) is 14.2 Å². The van der Waals surface area contributed by atoms with Gasteiger partial charge in [-0.25, -0.2) is 0 Å². The molecule has 2 heterocycles. The number of nitrogens with zero attached hydrogens (tertiary/aromatic N) is 1. The van der Waals surface area contributed by atoms with Crippen LogP contribution in [-0.2, 0) is 22.6 Å². The maximum Gasteiger partial charge on any atom is 0.295 e. The molecular weight excluding hydrogens is 518 g/mol. The summed E-state index contributed by atoms with van der Waals surface area (Å²) in [4.78, 5) is 28.6. The van der Waals surface area contributed by atoms with Gasteiger partial charge in [-0.1, -0.05) is 50.2 Å². The number of aliphatic hydroxyl groups excluding tert-OH is 1. The number of carbonyl (C=O) groups is 2. The largest absolute Gasteiger partial charge is 0.507 e. The van der Waals surface area contributed by atoms with Crippen molar-refractivity contribution in [2.75, 3.05) is 13.2 Å². The van der Waals surface area contributed by atoms with Crippen LogP contribution in [0.3, 0.4) is 0 Å². The molecule has 0 spiro atoms. The predicted molar refractivity (Wildman–Crippen MR) is 157 cm³/mol. The van der Waals surface area contributed by atoms with Crippen LogP contribution in [0.15, 0.2) is 72.3 Å². The van der Waals surface area contributed by atoms with Crippen molar-refractivity contribution in [3.63, 3.8) is 0 Å². The minimum absolute atomic E-state index is 0.0390. The fourth-order valence-corrected chi connectivity index (χ4v) is 5.38. The quantitative estimate of drug-likeness (QED) is 0.176. The van der Waals surface area contributed by atoms with Gasteiger partial charge in [0.1, 0.15) is 17.6 Å². The number of fused-ring (bicyclic) bond motifs is 1. The van der Waals surface area contributed by atoms with Crippen LogP contribution in [0.25, 0.3) is 5.76 Å². The monoisotopic (exact) mass is 555 g/mol. The summed E-state index contributed by atoms with van der Waals surface area (Å²) in [6.45, 7) is 9.33. The molecule has 3 aromatic rings. The maximum absolute atomic E-state index is 13.6. The summed E-state index contributed by atoms with van der Waals surface area (Å²) in [7, 11) is 0. The molecule has 1 N–H and O–H groups in total. The summed E-state index contributed by atoms with van der Waals surface area (Å²) in [6, 6.07) is 19.5. The Morgan fingerprint density at radius 2 is 1.80 bits per heavy atom. The van der Waals surface area contributed by atoms with Gasteiger partial charge < -0.3 is 24.2 Å². The van der Waals surface area contributed by atoms with Crippen molar-refractivity contribution in [1.82, 2.24) is 4.90 Å². The van der Waals surface area contributed by atoms with E-state index in [2.05, 4.69) is 13.8 Å². The van der Waals surface area contributed by atoms with E-state index >= 15 is 0 Å². The lowest BCUT2D eigenvalue weighted by molar-refractivity contribution is -0.140. The third-order valence-electron chi connectivity index (χ3n) is 7.44. The molecule has 7 nitrogen and oxygen atoms in total. The van der Waals surface area contributed by atoms with Crippen molar-refractivity contribution in [2.45, 2.75) is 59.2 Å². The highest BCUT2D eigenvalue weighted by molar-refractivity contribution is 6.46. The Balaban J connectivity index is 1.60. The number of ketones is 1. The van der Waals surface area contributed by atoms with Crippen LogP contribution in [0.2, 0.25) is 0 Å². The highest BCUT2D eigenvalue weighted by Crippen LogP contribution is 2.43. The second-order valence-electron chi connectivity index (χ2n) is 11.0. The maximum atomic E-state index is 13.6. The number of rotatable bonds is 10. The minimum atomic E-state index is -0.817. The normalized spacial score (nSPS) is 19.4. The molecule has 0 radical (unpaired) electrons. The summed E-state index contributed by atoms with van der Waals surface area (Å²) >= 11 is 0. The molecule has 41 heavy (non-hydrogen) atoms. The number of carbonyl (C=O) groups excluding carboxylic acids is 2. The molecule has 1 saturated heterocycles. The second kappa shape index (κ2) is 12.1. The molecule has 214 valence electrons. The van der Waals surface area contributed by atoms with E-state index in [9.17, 15) is 14.7 Å². The Morgan fingerprint density at radius 3 is 2.54 bits per heavy atom. The Bertz CT molecular complexity index is 1460. The SMILES string of the molecule is CCOc1cc([C@H]2C(=C(O)c3ccc4c(c3)C[C@H](C)O4)C(=O)C(=O)N2Cc2ccccc2)ccc1OCCC(C)C. The Hall–Kier alpha value is -4.26. The van der Waals surface area contributed by atoms with Gasteiger partial charge in [0, 0.05) is 18.5 Å². The van der Waals surface area contributed by atoms with Crippen molar-refractivity contribution in [2.24, 2.45) is 5.92 Å². The van der Waals surface area contributed by atoms with Crippen molar-refractivity contribution in [3.8, 4) is 17.2 Å². The van der Waals surface area contributed by atoms with Crippen LogP contribution in [0.1, 0.15) is 62.4 Å². The summed E-state index contributed by atoms with van der Waals surface area (Å²) in [5, 5.41) is 11.6. The molecule has 0 bridgehead atoms.